The van der Waals surface area contributed by atoms with Gasteiger partial charge in [-0.1, -0.05) is 27.5 Å². The highest BCUT2D eigenvalue weighted by atomic mass is 79.9. The van der Waals surface area contributed by atoms with Gasteiger partial charge in [-0.3, -0.25) is 14.2 Å². The monoisotopic (exact) mass is 560 g/mol. The van der Waals surface area contributed by atoms with E-state index in [-0.39, 0.29) is 5.56 Å². The fourth-order valence-electron chi connectivity index (χ4n) is 3.31. The molecular formula is C26H26BrClN2O5. The van der Waals surface area contributed by atoms with Crippen LogP contribution >= 0.6 is 27.5 Å². The number of halogens is 2. The Labute approximate surface area is 217 Å². The molecule has 3 rings (SSSR count). The lowest BCUT2D eigenvalue weighted by Crippen LogP contribution is -2.31. The van der Waals surface area contributed by atoms with Crippen molar-refractivity contribution in [3.8, 4) is 16.9 Å². The molecule has 9 heteroatoms. The maximum atomic E-state index is 12.9. The molecule has 0 fully saturated rings. The van der Waals surface area contributed by atoms with Crippen molar-refractivity contribution in [2.24, 2.45) is 0 Å². The van der Waals surface area contributed by atoms with Gasteiger partial charge < -0.3 is 14.8 Å². The highest BCUT2D eigenvalue weighted by molar-refractivity contribution is 9.10. The number of carbonyl (C=O) groups excluding carboxylic acids is 2. The number of benzene rings is 2. The number of hydrogen-bond donors (Lipinski definition) is 1. The van der Waals surface area contributed by atoms with Gasteiger partial charge in [0.15, 0.2) is 0 Å². The second-order valence-electron chi connectivity index (χ2n) is 8.87. The van der Waals surface area contributed by atoms with Crippen molar-refractivity contribution in [1.29, 1.82) is 0 Å². The van der Waals surface area contributed by atoms with Crippen LogP contribution < -0.4 is 15.6 Å². The molecule has 0 saturated heterocycles. The predicted octanol–water partition coefficient (Wildman–Crippen LogP) is 6.09. The zero-order valence-electron chi connectivity index (χ0n) is 20.0. The molecule has 0 bridgehead atoms. The van der Waals surface area contributed by atoms with E-state index in [4.69, 9.17) is 21.1 Å². The van der Waals surface area contributed by atoms with E-state index in [1.54, 1.807) is 70.2 Å². The Morgan fingerprint density at radius 1 is 1.06 bits per heavy atom. The number of methoxy groups -OCH3 is 1. The van der Waals surface area contributed by atoms with Crippen molar-refractivity contribution in [3.05, 3.63) is 80.1 Å². The standard InChI is InChI=1S/C26H26BrClN2O5/c1-15(24(32)29-18-9-6-16(7-10-18)25(33)35-26(2,3)4)30-14-22(34-5)20(13-23(30)31)19-12-17(28)8-11-21(19)27/h6-15H,1-5H3,(H,29,32). The largest absolute Gasteiger partial charge is 0.495 e. The number of amides is 1. The molecule has 2 aromatic carbocycles. The van der Waals surface area contributed by atoms with Gasteiger partial charge >= 0.3 is 5.97 Å². The molecule has 35 heavy (non-hydrogen) atoms. The van der Waals surface area contributed by atoms with Crippen molar-refractivity contribution >= 4 is 45.1 Å². The molecule has 1 amide bonds. The van der Waals surface area contributed by atoms with Gasteiger partial charge in [0.25, 0.3) is 5.56 Å². The molecule has 3 aromatic rings. The maximum Gasteiger partial charge on any atom is 0.338 e. The summed E-state index contributed by atoms with van der Waals surface area (Å²) in [5.74, 6) is -0.446. The summed E-state index contributed by atoms with van der Waals surface area (Å²) in [5, 5.41) is 3.28. The zero-order chi connectivity index (χ0) is 25.9. The Morgan fingerprint density at radius 2 is 1.71 bits per heavy atom. The first kappa shape index (κ1) is 26.5. The van der Waals surface area contributed by atoms with Gasteiger partial charge in [0.2, 0.25) is 5.91 Å². The summed E-state index contributed by atoms with van der Waals surface area (Å²) in [7, 11) is 1.49. The van der Waals surface area contributed by atoms with Crippen molar-refractivity contribution in [3.63, 3.8) is 0 Å². The van der Waals surface area contributed by atoms with Crippen LogP contribution in [0.25, 0.3) is 11.1 Å². The minimum Gasteiger partial charge on any atom is -0.495 e. The minimum atomic E-state index is -0.834. The van der Waals surface area contributed by atoms with Crippen LogP contribution in [0.5, 0.6) is 5.75 Å². The number of anilines is 1. The summed E-state index contributed by atoms with van der Waals surface area (Å²) in [6.45, 7) is 6.98. The van der Waals surface area contributed by atoms with E-state index in [9.17, 15) is 14.4 Å². The lowest BCUT2D eigenvalue weighted by Gasteiger charge is -2.20. The van der Waals surface area contributed by atoms with Crippen molar-refractivity contribution in [2.75, 3.05) is 12.4 Å². The van der Waals surface area contributed by atoms with Gasteiger partial charge in [0, 0.05) is 32.4 Å². The molecule has 1 N–H and O–H groups in total. The summed E-state index contributed by atoms with van der Waals surface area (Å²) in [5.41, 5.74) is 1.11. The third-order valence-corrected chi connectivity index (χ3v) is 5.99. The summed E-state index contributed by atoms with van der Waals surface area (Å²) in [4.78, 5) is 38.0. The van der Waals surface area contributed by atoms with E-state index < -0.39 is 23.5 Å². The summed E-state index contributed by atoms with van der Waals surface area (Å²) < 4.78 is 12.9. The first-order valence-corrected chi connectivity index (χ1v) is 12.0. The number of nitrogens with one attached hydrogen (secondary N) is 1. The number of nitrogens with zero attached hydrogens (tertiary/aromatic N) is 1. The SMILES string of the molecule is COc1cn(C(C)C(=O)Nc2ccc(C(=O)OC(C)(C)C)cc2)c(=O)cc1-c1cc(Cl)ccc1Br. The number of ether oxygens (including phenoxy) is 2. The van der Waals surface area contributed by atoms with Gasteiger partial charge in [-0.25, -0.2) is 4.79 Å². The fraction of sp³-hybridized carbons (Fsp3) is 0.269. The Bertz CT molecular complexity index is 1310. The Hall–Kier alpha value is -3.10. The third-order valence-electron chi connectivity index (χ3n) is 5.07. The van der Waals surface area contributed by atoms with Crippen molar-refractivity contribution in [2.45, 2.75) is 39.3 Å². The average Bonchev–Trinajstić information content (AvgIpc) is 2.79. The molecule has 0 aliphatic heterocycles. The lowest BCUT2D eigenvalue weighted by molar-refractivity contribution is -0.118. The van der Waals surface area contributed by atoms with Gasteiger partial charge in [-0.2, -0.15) is 0 Å². The van der Waals surface area contributed by atoms with E-state index in [0.717, 1.165) is 4.47 Å². The highest BCUT2D eigenvalue weighted by Crippen LogP contribution is 2.36. The molecule has 0 saturated carbocycles. The molecule has 1 atom stereocenters. The Morgan fingerprint density at radius 3 is 2.31 bits per heavy atom. The van der Waals surface area contributed by atoms with E-state index in [1.165, 1.54) is 23.9 Å². The minimum absolute atomic E-state index is 0.370. The van der Waals surface area contributed by atoms with Gasteiger partial charge in [0.05, 0.1) is 18.9 Å². The molecule has 0 aliphatic rings. The van der Waals surface area contributed by atoms with Gasteiger partial charge in [-0.05, 0) is 70.2 Å². The summed E-state index contributed by atoms with van der Waals surface area (Å²) >= 11 is 9.61. The molecule has 184 valence electrons. The maximum absolute atomic E-state index is 12.9. The summed E-state index contributed by atoms with van der Waals surface area (Å²) in [6.07, 6.45) is 1.50. The van der Waals surface area contributed by atoms with Crippen LogP contribution in [0.15, 0.2) is 64.0 Å². The number of rotatable bonds is 6. The summed E-state index contributed by atoms with van der Waals surface area (Å²) in [6, 6.07) is 12.2. The third kappa shape index (κ3) is 6.52. The Kier molecular flexibility index (Phi) is 8.07. The first-order valence-electron chi connectivity index (χ1n) is 10.8. The van der Waals surface area contributed by atoms with Crippen LogP contribution in [0.3, 0.4) is 0 Å². The number of carbonyl (C=O) groups is 2. The fourth-order valence-corrected chi connectivity index (χ4v) is 3.94. The molecule has 1 aromatic heterocycles. The molecule has 0 radical (unpaired) electrons. The lowest BCUT2D eigenvalue weighted by atomic mass is 10.1. The van der Waals surface area contributed by atoms with Crippen LogP contribution in [0.2, 0.25) is 5.02 Å². The first-order chi connectivity index (χ1) is 16.4. The molecule has 0 spiro atoms. The van der Waals surface area contributed by atoms with Gasteiger partial charge in [-0.15, -0.1) is 0 Å². The predicted molar refractivity (Wildman–Crippen MR) is 140 cm³/mol. The topological polar surface area (TPSA) is 86.6 Å². The van der Waals surface area contributed by atoms with E-state index in [1.807, 2.05) is 0 Å². The smallest absolute Gasteiger partial charge is 0.338 e. The normalized spacial score (nSPS) is 12.1. The number of esters is 1. The molecule has 7 nitrogen and oxygen atoms in total. The molecule has 1 heterocycles. The zero-order valence-corrected chi connectivity index (χ0v) is 22.4. The van der Waals surface area contributed by atoms with Crippen LogP contribution in [-0.4, -0.2) is 29.2 Å². The number of aromatic nitrogens is 1. The Balaban J connectivity index is 1.82. The highest BCUT2D eigenvalue weighted by Gasteiger charge is 2.21. The van der Waals surface area contributed by atoms with Gasteiger partial charge in [0.1, 0.15) is 17.4 Å². The number of hydrogen-bond acceptors (Lipinski definition) is 5. The quantitative estimate of drug-likeness (QED) is 0.368. The second kappa shape index (κ2) is 10.7. The molecule has 1 unspecified atom stereocenters. The molecule has 0 aliphatic carbocycles. The van der Waals surface area contributed by atoms with Crippen LogP contribution in [0, 0.1) is 0 Å². The molecular weight excluding hydrogens is 536 g/mol. The van der Waals surface area contributed by atoms with E-state index >= 15 is 0 Å². The van der Waals surface area contributed by atoms with Crippen LogP contribution in [0.4, 0.5) is 5.69 Å². The van der Waals surface area contributed by atoms with Crippen molar-refractivity contribution < 1.29 is 19.1 Å². The van der Waals surface area contributed by atoms with Crippen LogP contribution in [-0.2, 0) is 9.53 Å². The van der Waals surface area contributed by atoms with Crippen LogP contribution in [0.1, 0.15) is 44.1 Å². The number of pyridine rings is 1. The van der Waals surface area contributed by atoms with E-state index in [2.05, 4.69) is 21.2 Å². The van der Waals surface area contributed by atoms with E-state index in [0.29, 0.717) is 33.1 Å². The second-order valence-corrected chi connectivity index (χ2v) is 10.2. The average molecular weight is 562 g/mol. The van der Waals surface area contributed by atoms with Crippen molar-refractivity contribution in [1.82, 2.24) is 4.57 Å².